The molecule has 1 aliphatic rings. The fourth-order valence-corrected chi connectivity index (χ4v) is 6.29. The van der Waals surface area contributed by atoms with Crippen LogP contribution >= 0.6 is 0 Å². The van der Waals surface area contributed by atoms with Crippen LogP contribution in [-0.4, -0.2) is 26.5 Å². The first-order chi connectivity index (χ1) is 4.40. The first-order valence-corrected chi connectivity index (χ1v) is 6.26. The van der Waals surface area contributed by atoms with Crippen LogP contribution in [0.15, 0.2) is 0 Å². The van der Waals surface area contributed by atoms with Gasteiger partial charge in [0.1, 0.15) is 0 Å². The van der Waals surface area contributed by atoms with Crippen molar-refractivity contribution in [1.82, 2.24) is 0 Å². The Morgan fingerprint density at radius 3 is 1.70 bits per heavy atom. The predicted octanol–water partition coefficient (Wildman–Crippen LogP) is -0.477. The largest absolute Gasteiger partial charge is 0.226 e. The van der Waals surface area contributed by atoms with Crippen molar-refractivity contribution in [3.05, 3.63) is 0 Å². The molecule has 0 saturated carbocycles. The first kappa shape index (κ1) is 8.00. The highest BCUT2D eigenvalue weighted by Gasteiger charge is 2.49. The highest BCUT2D eigenvalue weighted by Crippen LogP contribution is 2.27. The Hall–Kier alpha value is -0.100. The van der Waals surface area contributed by atoms with Crippen LogP contribution in [0.1, 0.15) is 13.3 Å². The van der Waals surface area contributed by atoms with Gasteiger partial charge in [-0.3, -0.25) is 0 Å². The summed E-state index contributed by atoms with van der Waals surface area (Å²) in [6, 6.07) is 0. The van der Waals surface area contributed by atoms with Crippen molar-refractivity contribution in [2.24, 2.45) is 0 Å². The van der Waals surface area contributed by atoms with Gasteiger partial charge in [-0.1, -0.05) is 6.92 Å². The van der Waals surface area contributed by atoms with Crippen molar-refractivity contribution in [2.45, 2.75) is 17.9 Å². The Bertz CT molecular complexity index is 290. The second-order valence-corrected chi connectivity index (χ2v) is 7.31. The average molecular weight is 184 g/mol. The lowest BCUT2D eigenvalue weighted by Crippen LogP contribution is -2.46. The molecule has 0 aliphatic carbocycles. The Morgan fingerprint density at radius 1 is 1.20 bits per heavy atom. The van der Waals surface area contributed by atoms with E-state index in [2.05, 4.69) is 0 Å². The van der Waals surface area contributed by atoms with Crippen LogP contribution in [0, 0.1) is 0 Å². The van der Waals surface area contributed by atoms with Gasteiger partial charge in [-0.2, -0.15) is 0 Å². The number of rotatable bonds is 1. The SMILES string of the molecule is CCC1S(=O)(=O)CS1(=O)=O. The molecule has 0 spiro atoms. The fraction of sp³-hybridized carbons (Fsp3) is 1.00. The van der Waals surface area contributed by atoms with Crippen molar-refractivity contribution in [2.75, 3.05) is 5.08 Å². The third-order valence-electron chi connectivity index (χ3n) is 1.46. The van der Waals surface area contributed by atoms with Gasteiger partial charge in [0.2, 0.25) is 0 Å². The summed E-state index contributed by atoms with van der Waals surface area (Å²) in [6.45, 7) is 1.55. The van der Waals surface area contributed by atoms with Gasteiger partial charge in [0, 0.05) is 0 Å². The smallest absolute Gasteiger partial charge is 0.181 e. The van der Waals surface area contributed by atoms with Crippen LogP contribution in [0.3, 0.4) is 0 Å². The lowest BCUT2D eigenvalue weighted by atomic mass is 10.6. The molecule has 0 atom stereocenters. The van der Waals surface area contributed by atoms with Crippen molar-refractivity contribution in [3.8, 4) is 0 Å². The van der Waals surface area contributed by atoms with E-state index in [1.807, 2.05) is 0 Å². The van der Waals surface area contributed by atoms with Crippen LogP contribution in [0.4, 0.5) is 0 Å². The third-order valence-corrected chi connectivity index (χ3v) is 8.12. The third kappa shape index (κ3) is 0.950. The van der Waals surface area contributed by atoms with Crippen LogP contribution in [0.25, 0.3) is 0 Å². The summed E-state index contributed by atoms with van der Waals surface area (Å²) in [7, 11) is -6.54. The first-order valence-electron chi connectivity index (χ1n) is 2.83. The van der Waals surface area contributed by atoms with E-state index in [9.17, 15) is 16.8 Å². The van der Waals surface area contributed by atoms with Gasteiger partial charge in [-0.15, -0.1) is 0 Å². The molecule has 6 heteroatoms. The van der Waals surface area contributed by atoms with Gasteiger partial charge in [0.05, 0.1) is 0 Å². The fourth-order valence-electron chi connectivity index (χ4n) is 1.04. The van der Waals surface area contributed by atoms with E-state index in [1.165, 1.54) is 0 Å². The summed E-state index contributed by atoms with van der Waals surface area (Å²) in [5, 5.41) is -0.654. The standard InChI is InChI=1S/C4H8O4S2/c1-2-4-9(5,6)3-10(4,7)8/h4H,2-3H2,1H3. The molecule has 0 unspecified atom stereocenters. The van der Waals surface area contributed by atoms with Gasteiger partial charge >= 0.3 is 0 Å². The number of hydrogen-bond acceptors (Lipinski definition) is 4. The summed E-state index contributed by atoms with van der Waals surface area (Å²) in [5.74, 6) is 0. The summed E-state index contributed by atoms with van der Waals surface area (Å²) in [4.78, 5) is 0. The second kappa shape index (κ2) is 1.94. The Labute approximate surface area is 60.1 Å². The minimum absolute atomic E-state index is 0.171. The summed E-state index contributed by atoms with van der Waals surface area (Å²) >= 11 is 0. The molecule has 4 nitrogen and oxygen atoms in total. The zero-order valence-corrected chi connectivity index (χ0v) is 7.07. The second-order valence-electron chi connectivity index (χ2n) is 2.28. The van der Waals surface area contributed by atoms with Crippen molar-refractivity contribution >= 4 is 19.7 Å². The maximum absolute atomic E-state index is 10.7. The van der Waals surface area contributed by atoms with Crippen LogP contribution in [0.5, 0.6) is 0 Å². The maximum atomic E-state index is 10.7. The highest BCUT2D eigenvalue weighted by atomic mass is 32.3. The zero-order valence-electron chi connectivity index (χ0n) is 5.44. The molecular weight excluding hydrogens is 176 g/mol. The summed E-state index contributed by atoms with van der Waals surface area (Å²) < 4.78 is 41.6. The minimum Gasteiger partial charge on any atom is -0.226 e. The minimum atomic E-state index is -3.27. The van der Waals surface area contributed by atoms with E-state index >= 15 is 0 Å². The molecule has 0 bridgehead atoms. The van der Waals surface area contributed by atoms with Crippen LogP contribution < -0.4 is 0 Å². The number of sulfone groups is 2. The molecule has 0 aromatic heterocycles. The van der Waals surface area contributed by atoms with Gasteiger partial charge in [0.15, 0.2) is 29.3 Å². The number of hydrogen-bond donors (Lipinski definition) is 0. The van der Waals surface area contributed by atoms with Gasteiger partial charge < -0.3 is 0 Å². The average Bonchev–Trinajstić information content (AvgIpc) is 1.59. The topological polar surface area (TPSA) is 68.3 Å². The molecule has 1 heterocycles. The van der Waals surface area contributed by atoms with Gasteiger partial charge in [0.25, 0.3) is 0 Å². The molecule has 1 aliphatic heterocycles. The summed E-state index contributed by atoms with van der Waals surface area (Å²) in [6.07, 6.45) is 0.171. The Morgan fingerprint density at radius 2 is 1.60 bits per heavy atom. The van der Waals surface area contributed by atoms with Crippen molar-refractivity contribution < 1.29 is 16.8 Å². The van der Waals surface area contributed by atoms with E-state index in [0.29, 0.717) is 0 Å². The molecular formula is C4H8O4S2. The molecule has 0 aromatic carbocycles. The quantitative estimate of drug-likeness (QED) is 0.552. The van der Waals surface area contributed by atoms with E-state index in [0.717, 1.165) is 0 Å². The van der Waals surface area contributed by atoms with Crippen molar-refractivity contribution in [3.63, 3.8) is 0 Å². The van der Waals surface area contributed by atoms with Crippen LogP contribution in [0.2, 0.25) is 0 Å². The molecule has 0 N–H and O–H groups in total. The summed E-state index contributed by atoms with van der Waals surface area (Å²) in [5.41, 5.74) is 0. The molecule has 0 amide bonds. The maximum Gasteiger partial charge on any atom is 0.181 e. The lowest BCUT2D eigenvalue weighted by molar-refractivity contribution is 0.560. The van der Waals surface area contributed by atoms with E-state index in [1.54, 1.807) is 6.92 Å². The zero-order chi connectivity index (χ0) is 7.99. The van der Waals surface area contributed by atoms with Gasteiger partial charge in [-0.25, -0.2) is 16.8 Å². The van der Waals surface area contributed by atoms with E-state index < -0.39 is 29.3 Å². The van der Waals surface area contributed by atoms with E-state index in [-0.39, 0.29) is 6.42 Å². The molecule has 0 aromatic rings. The lowest BCUT2D eigenvalue weighted by Gasteiger charge is -2.24. The molecule has 0 radical (unpaired) electrons. The molecule has 1 saturated heterocycles. The molecule has 10 heavy (non-hydrogen) atoms. The predicted molar refractivity (Wildman–Crippen MR) is 36.8 cm³/mol. The highest BCUT2D eigenvalue weighted by molar-refractivity contribution is 8.24. The van der Waals surface area contributed by atoms with Crippen molar-refractivity contribution in [1.29, 1.82) is 0 Å². The van der Waals surface area contributed by atoms with Crippen LogP contribution in [-0.2, 0) is 19.7 Å². The Kier molecular flexibility index (Phi) is 1.56. The van der Waals surface area contributed by atoms with Gasteiger partial charge in [-0.05, 0) is 6.42 Å². The Balaban J connectivity index is 3.07. The molecule has 1 fully saturated rings. The molecule has 1 rings (SSSR count). The molecule has 60 valence electrons. The normalized spacial score (nSPS) is 29.3. The monoisotopic (exact) mass is 184 g/mol. The van der Waals surface area contributed by atoms with E-state index in [4.69, 9.17) is 0 Å².